The fourth-order valence-electron chi connectivity index (χ4n) is 3.11. The van der Waals surface area contributed by atoms with E-state index in [0.717, 1.165) is 22.4 Å². The second-order valence-corrected chi connectivity index (χ2v) is 7.60. The predicted molar refractivity (Wildman–Crippen MR) is 123 cm³/mol. The number of amides is 1. The molecule has 0 atom stereocenters. The summed E-state index contributed by atoms with van der Waals surface area (Å²) in [6, 6.07) is 25.0. The van der Waals surface area contributed by atoms with Crippen LogP contribution in [0.5, 0.6) is 5.75 Å². The number of hydrogen-bond donors (Lipinski definition) is 2. The number of nitrogens with one attached hydrogen (secondary N) is 1. The molecule has 4 rings (SSSR count). The van der Waals surface area contributed by atoms with Gasteiger partial charge in [0.15, 0.2) is 5.82 Å². The zero-order valence-corrected chi connectivity index (χ0v) is 17.7. The third-order valence-electron chi connectivity index (χ3n) is 4.61. The van der Waals surface area contributed by atoms with Crippen molar-refractivity contribution in [1.82, 2.24) is 14.9 Å². The van der Waals surface area contributed by atoms with Crippen LogP contribution in [-0.2, 0) is 4.79 Å². The van der Waals surface area contributed by atoms with Gasteiger partial charge < -0.3 is 15.9 Å². The molecule has 8 heteroatoms. The minimum atomic E-state index is -0.153. The summed E-state index contributed by atoms with van der Waals surface area (Å²) < 4.78 is 6.62. The van der Waals surface area contributed by atoms with Crippen LogP contribution in [0.3, 0.4) is 0 Å². The number of hydrogen-bond acceptors (Lipinski definition) is 6. The number of nitrogen functional groups attached to an aromatic ring is 1. The van der Waals surface area contributed by atoms with Crippen molar-refractivity contribution in [3.8, 4) is 28.3 Å². The number of ether oxygens (including phenoxy) is 1. The first-order chi connectivity index (χ1) is 15.2. The summed E-state index contributed by atoms with van der Waals surface area (Å²) in [5.41, 5.74) is 3.53. The first-order valence-corrected chi connectivity index (χ1v) is 10.6. The van der Waals surface area contributed by atoms with Gasteiger partial charge in [-0.05, 0) is 23.8 Å². The van der Waals surface area contributed by atoms with Crippen molar-refractivity contribution < 1.29 is 9.53 Å². The SMILES string of the molecule is COc1cccc(-c2nnc(SCC(=O)Nc3ccccc3-c3ccccc3)n2N)c1. The summed E-state index contributed by atoms with van der Waals surface area (Å²) in [6.07, 6.45) is 0. The first kappa shape index (κ1) is 20.5. The number of carbonyl (C=O) groups is 1. The van der Waals surface area contributed by atoms with E-state index in [1.165, 1.54) is 16.4 Å². The van der Waals surface area contributed by atoms with E-state index in [2.05, 4.69) is 15.5 Å². The van der Waals surface area contributed by atoms with Crippen LogP contribution in [0.4, 0.5) is 5.69 Å². The van der Waals surface area contributed by atoms with E-state index < -0.39 is 0 Å². The van der Waals surface area contributed by atoms with Crippen LogP contribution in [-0.4, -0.2) is 33.6 Å². The minimum absolute atomic E-state index is 0.149. The Labute approximate surface area is 184 Å². The number of carbonyl (C=O) groups excluding carboxylic acids is 1. The van der Waals surface area contributed by atoms with E-state index in [-0.39, 0.29) is 11.7 Å². The van der Waals surface area contributed by atoms with Gasteiger partial charge in [-0.25, -0.2) is 4.68 Å². The molecule has 0 spiro atoms. The van der Waals surface area contributed by atoms with Crippen molar-refractivity contribution in [1.29, 1.82) is 0 Å². The Hall–Kier alpha value is -3.78. The van der Waals surface area contributed by atoms with Gasteiger partial charge in [0.2, 0.25) is 11.1 Å². The second-order valence-electron chi connectivity index (χ2n) is 6.66. The Balaban J connectivity index is 1.44. The molecule has 0 saturated carbocycles. The highest BCUT2D eigenvalue weighted by molar-refractivity contribution is 7.99. The number of nitrogens with zero attached hydrogens (tertiary/aromatic N) is 3. The van der Waals surface area contributed by atoms with Crippen molar-refractivity contribution in [2.24, 2.45) is 0 Å². The maximum atomic E-state index is 12.6. The van der Waals surface area contributed by atoms with Crippen LogP contribution in [0.25, 0.3) is 22.5 Å². The minimum Gasteiger partial charge on any atom is -0.497 e. The largest absolute Gasteiger partial charge is 0.497 e. The van der Waals surface area contributed by atoms with Crippen molar-refractivity contribution in [3.63, 3.8) is 0 Å². The third kappa shape index (κ3) is 4.70. The van der Waals surface area contributed by atoms with Gasteiger partial charge in [-0.3, -0.25) is 4.79 Å². The Kier molecular flexibility index (Phi) is 6.18. The smallest absolute Gasteiger partial charge is 0.234 e. The molecule has 1 heterocycles. The third-order valence-corrected chi connectivity index (χ3v) is 5.55. The standard InChI is InChI=1S/C23H21N5O2S/c1-30-18-11-7-10-17(14-18)22-26-27-23(28(22)24)31-15-21(29)25-20-13-6-5-12-19(20)16-8-3-2-4-9-16/h2-14H,15,24H2,1H3,(H,25,29). The molecule has 1 aromatic heterocycles. The molecule has 3 N–H and O–H groups in total. The zero-order valence-electron chi connectivity index (χ0n) is 16.9. The fraction of sp³-hybridized carbons (Fsp3) is 0.0870. The van der Waals surface area contributed by atoms with E-state index in [1.54, 1.807) is 7.11 Å². The molecule has 4 aromatic rings. The summed E-state index contributed by atoms with van der Waals surface area (Å²) in [7, 11) is 1.60. The number of methoxy groups -OCH3 is 1. The Morgan fingerprint density at radius 2 is 1.74 bits per heavy atom. The molecule has 0 fully saturated rings. The van der Waals surface area contributed by atoms with E-state index in [4.69, 9.17) is 10.6 Å². The zero-order chi connectivity index (χ0) is 21.6. The number of thioether (sulfide) groups is 1. The quantitative estimate of drug-likeness (QED) is 0.338. The summed E-state index contributed by atoms with van der Waals surface area (Å²) in [5.74, 6) is 7.36. The van der Waals surface area contributed by atoms with Gasteiger partial charge in [-0.1, -0.05) is 72.4 Å². The summed E-state index contributed by atoms with van der Waals surface area (Å²) in [5, 5.41) is 11.7. The van der Waals surface area contributed by atoms with Crippen LogP contribution in [0.15, 0.2) is 84.0 Å². The average Bonchev–Trinajstić information content (AvgIpc) is 3.19. The Morgan fingerprint density at radius 1 is 1.00 bits per heavy atom. The average molecular weight is 432 g/mol. The lowest BCUT2D eigenvalue weighted by atomic mass is 10.0. The molecule has 7 nitrogen and oxygen atoms in total. The maximum absolute atomic E-state index is 12.6. The Morgan fingerprint density at radius 3 is 2.55 bits per heavy atom. The number of anilines is 1. The summed E-state index contributed by atoms with van der Waals surface area (Å²) in [6.45, 7) is 0. The molecular formula is C23H21N5O2S. The van der Waals surface area contributed by atoms with Gasteiger partial charge in [0, 0.05) is 16.8 Å². The van der Waals surface area contributed by atoms with Gasteiger partial charge in [-0.2, -0.15) is 0 Å². The predicted octanol–water partition coefficient (Wildman–Crippen LogP) is 4.07. The van der Waals surface area contributed by atoms with Gasteiger partial charge in [0.05, 0.1) is 12.9 Å². The van der Waals surface area contributed by atoms with Crippen molar-refractivity contribution >= 4 is 23.4 Å². The molecule has 0 aliphatic carbocycles. The van der Waals surface area contributed by atoms with Gasteiger partial charge in [0.25, 0.3) is 0 Å². The van der Waals surface area contributed by atoms with Crippen LogP contribution in [0, 0.1) is 0 Å². The maximum Gasteiger partial charge on any atom is 0.234 e. The lowest BCUT2D eigenvalue weighted by Gasteiger charge is -2.11. The number of benzene rings is 3. The molecule has 0 radical (unpaired) electrons. The normalized spacial score (nSPS) is 10.6. The highest BCUT2D eigenvalue weighted by atomic mass is 32.2. The van der Waals surface area contributed by atoms with Gasteiger partial charge in [0.1, 0.15) is 5.75 Å². The molecule has 31 heavy (non-hydrogen) atoms. The number of para-hydroxylation sites is 1. The van der Waals surface area contributed by atoms with E-state index in [0.29, 0.717) is 16.7 Å². The topological polar surface area (TPSA) is 95.1 Å². The molecule has 0 aliphatic heterocycles. The van der Waals surface area contributed by atoms with Crippen LogP contribution in [0.1, 0.15) is 0 Å². The summed E-state index contributed by atoms with van der Waals surface area (Å²) in [4.78, 5) is 12.6. The molecule has 0 aliphatic rings. The molecule has 0 bridgehead atoms. The highest BCUT2D eigenvalue weighted by Gasteiger charge is 2.15. The highest BCUT2D eigenvalue weighted by Crippen LogP contribution is 2.28. The van der Waals surface area contributed by atoms with Gasteiger partial charge in [-0.15, -0.1) is 10.2 Å². The molecule has 3 aromatic carbocycles. The monoisotopic (exact) mass is 431 g/mol. The van der Waals surface area contributed by atoms with Crippen molar-refractivity contribution in [2.45, 2.75) is 5.16 Å². The molecule has 156 valence electrons. The van der Waals surface area contributed by atoms with E-state index >= 15 is 0 Å². The fourth-order valence-corrected chi connectivity index (χ4v) is 3.77. The van der Waals surface area contributed by atoms with Crippen molar-refractivity contribution in [2.75, 3.05) is 24.0 Å². The van der Waals surface area contributed by atoms with Gasteiger partial charge >= 0.3 is 0 Å². The number of rotatable bonds is 7. The lowest BCUT2D eigenvalue weighted by Crippen LogP contribution is -2.16. The van der Waals surface area contributed by atoms with E-state index in [1.807, 2.05) is 78.9 Å². The molecule has 0 saturated heterocycles. The Bertz CT molecular complexity index is 1190. The second kappa shape index (κ2) is 9.36. The number of aromatic nitrogens is 3. The number of nitrogens with two attached hydrogens (primary N) is 1. The van der Waals surface area contributed by atoms with Crippen LogP contribution >= 0.6 is 11.8 Å². The lowest BCUT2D eigenvalue weighted by molar-refractivity contribution is -0.113. The molecule has 1 amide bonds. The molecule has 0 unspecified atom stereocenters. The van der Waals surface area contributed by atoms with E-state index in [9.17, 15) is 4.79 Å². The van der Waals surface area contributed by atoms with Crippen LogP contribution in [0.2, 0.25) is 0 Å². The van der Waals surface area contributed by atoms with Crippen LogP contribution < -0.4 is 15.9 Å². The first-order valence-electron chi connectivity index (χ1n) is 9.57. The van der Waals surface area contributed by atoms with Crippen molar-refractivity contribution in [3.05, 3.63) is 78.9 Å². The summed E-state index contributed by atoms with van der Waals surface area (Å²) >= 11 is 1.22. The molecular weight excluding hydrogens is 410 g/mol.